The van der Waals surface area contributed by atoms with Crippen LogP contribution in [0.5, 0.6) is 0 Å². The van der Waals surface area contributed by atoms with Crippen molar-refractivity contribution in [1.29, 1.82) is 0 Å². The van der Waals surface area contributed by atoms with Gasteiger partial charge in [-0.15, -0.1) is 0 Å². The minimum atomic E-state index is -0.469. The van der Waals surface area contributed by atoms with Crippen LogP contribution >= 0.6 is 0 Å². The largest absolute Gasteiger partial charge is 0.313 e. The van der Waals surface area contributed by atoms with Gasteiger partial charge in [-0.3, -0.25) is 0 Å². The Hall–Kier alpha value is -0.960. The molecular weight excluding hydrogens is 244 g/mol. The summed E-state index contributed by atoms with van der Waals surface area (Å²) >= 11 is 0. The zero-order valence-electron chi connectivity index (χ0n) is 11.4. The molecular formula is C16H21F2N. The van der Waals surface area contributed by atoms with E-state index >= 15 is 0 Å². The highest BCUT2D eigenvalue weighted by molar-refractivity contribution is 5.20. The van der Waals surface area contributed by atoms with Gasteiger partial charge in [0.1, 0.15) is 11.6 Å². The second-order valence-corrected chi connectivity index (χ2v) is 6.54. The molecule has 0 radical (unpaired) electrons. The second-order valence-electron chi connectivity index (χ2n) is 6.54. The zero-order valence-corrected chi connectivity index (χ0v) is 11.4. The Morgan fingerprint density at radius 2 is 1.74 bits per heavy atom. The first-order chi connectivity index (χ1) is 9.05. The lowest BCUT2D eigenvalue weighted by molar-refractivity contribution is 0.254. The fourth-order valence-corrected chi connectivity index (χ4v) is 2.98. The van der Waals surface area contributed by atoms with Crippen LogP contribution in [-0.4, -0.2) is 12.6 Å². The van der Waals surface area contributed by atoms with Gasteiger partial charge in [0.2, 0.25) is 0 Å². The summed E-state index contributed by atoms with van der Waals surface area (Å²) in [4.78, 5) is 0. The molecule has 19 heavy (non-hydrogen) atoms. The van der Waals surface area contributed by atoms with Crippen LogP contribution in [0.15, 0.2) is 18.2 Å². The van der Waals surface area contributed by atoms with E-state index in [-0.39, 0.29) is 5.41 Å². The van der Waals surface area contributed by atoms with Crippen LogP contribution in [0.2, 0.25) is 0 Å². The Kier molecular flexibility index (Phi) is 3.34. The Balaban J connectivity index is 1.72. The third kappa shape index (κ3) is 3.33. The molecule has 0 bridgehead atoms. The van der Waals surface area contributed by atoms with E-state index in [0.29, 0.717) is 12.0 Å². The molecule has 0 saturated heterocycles. The number of hydrogen-bond acceptors (Lipinski definition) is 1. The van der Waals surface area contributed by atoms with Gasteiger partial charge in [-0.05, 0) is 61.1 Å². The molecule has 2 saturated carbocycles. The van der Waals surface area contributed by atoms with Crippen molar-refractivity contribution in [3.63, 3.8) is 0 Å². The molecule has 1 aromatic carbocycles. The Morgan fingerprint density at radius 3 is 2.26 bits per heavy atom. The highest BCUT2D eigenvalue weighted by Crippen LogP contribution is 2.47. The van der Waals surface area contributed by atoms with Crippen LogP contribution in [0.25, 0.3) is 0 Å². The van der Waals surface area contributed by atoms with Crippen molar-refractivity contribution in [2.45, 2.75) is 45.1 Å². The van der Waals surface area contributed by atoms with Gasteiger partial charge in [0.25, 0.3) is 0 Å². The fourth-order valence-electron chi connectivity index (χ4n) is 2.98. The number of halogens is 2. The predicted octanol–water partition coefficient (Wildman–Crippen LogP) is 3.68. The van der Waals surface area contributed by atoms with E-state index < -0.39 is 11.6 Å². The summed E-state index contributed by atoms with van der Waals surface area (Å²) in [7, 11) is 0. The third-order valence-electron chi connectivity index (χ3n) is 4.47. The normalized spacial score (nSPS) is 22.3. The molecule has 2 aliphatic rings. The molecule has 0 aliphatic heterocycles. The molecule has 0 heterocycles. The SMILES string of the molecule is CC(CNC1CC1)(Cc1cc(F)cc(F)c1)C1CC1. The van der Waals surface area contributed by atoms with E-state index in [1.54, 1.807) is 0 Å². The maximum Gasteiger partial charge on any atom is 0.126 e. The predicted molar refractivity (Wildman–Crippen MR) is 71.9 cm³/mol. The van der Waals surface area contributed by atoms with Gasteiger partial charge in [-0.25, -0.2) is 8.78 Å². The lowest BCUT2D eigenvalue weighted by atomic mass is 9.78. The quantitative estimate of drug-likeness (QED) is 0.827. The van der Waals surface area contributed by atoms with Crippen LogP contribution in [-0.2, 0) is 6.42 Å². The molecule has 0 spiro atoms. The molecule has 1 N–H and O–H groups in total. The molecule has 1 nitrogen and oxygen atoms in total. The minimum absolute atomic E-state index is 0.128. The van der Waals surface area contributed by atoms with Gasteiger partial charge in [0.05, 0.1) is 0 Å². The first kappa shape index (κ1) is 13.0. The molecule has 1 aromatic rings. The molecule has 0 aromatic heterocycles. The van der Waals surface area contributed by atoms with Crippen molar-refractivity contribution in [1.82, 2.24) is 5.32 Å². The number of nitrogens with one attached hydrogen (secondary N) is 1. The van der Waals surface area contributed by atoms with E-state index in [1.807, 2.05) is 0 Å². The summed E-state index contributed by atoms with van der Waals surface area (Å²) in [5.41, 5.74) is 0.910. The number of benzene rings is 1. The van der Waals surface area contributed by atoms with Crippen LogP contribution in [0.4, 0.5) is 8.78 Å². The minimum Gasteiger partial charge on any atom is -0.313 e. The molecule has 1 unspecified atom stereocenters. The van der Waals surface area contributed by atoms with Crippen molar-refractivity contribution < 1.29 is 8.78 Å². The van der Waals surface area contributed by atoms with Gasteiger partial charge in [0, 0.05) is 18.7 Å². The topological polar surface area (TPSA) is 12.0 Å². The summed E-state index contributed by atoms with van der Waals surface area (Å²) in [6.07, 6.45) is 5.80. The summed E-state index contributed by atoms with van der Waals surface area (Å²) < 4.78 is 26.6. The van der Waals surface area contributed by atoms with E-state index in [2.05, 4.69) is 12.2 Å². The van der Waals surface area contributed by atoms with Crippen molar-refractivity contribution in [2.75, 3.05) is 6.54 Å². The van der Waals surface area contributed by atoms with Crippen LogP contribution < -0.4 is 5.32 Å². The third-order valence-corrected chi connectivity index (χ3v) is 4.47. The molecule has 3 rings (SSSR count). The smallest absolute Gasteiger partial charge is 0.126 e. The maximum atomic E-state index is 13.3. The second kappa shape index (κ2) is 4.86. The Labute approximate surface area is 113 Å². The highest BCUT2D eigenvalue weighted by Gasteiger charge is 2.42. The van der Waals surface area contributed by atoms with Crippen molar-refractivity contribution in [3.05, 3.63) is 35.4 Å². The average molecular weight is 265 g/mol. The standard InChI is InChI=1S/C16H21F2N/c1-16(12-2-3-12,10-19-15-4-5-15)9-11-6-13(17)8-14(18)7-11/h6-8,12,15,19H,2-5,9-10H2,1H3. The lowest BCUT2D eigenvalue weighted by Gasteiger charge is -2.30. The lowest BCUT2D eigenvalue weighted by Crippen LogP contribution is -2.36. The highest BCUT2D eigenvalue weighted by atomic mass is 19.1. The maximum absolute atomic E-state index is 13.3. The van der Waals surface area contributed by atoms with E-state index in [1.165, 1.54) is 37.8 Å². The summed E-state index contributed by atoms with van der Waals surface area (Å²) in [5, 5.41) is 3.58. The van der Waals surface area contributed by atoms with E-state index in [0.717, 1.165) is 24.6 Å². The van der Waals surface area contributed by atoms with Gasteiger partial charge in [-0.2, -0.15) is 0 Å². The average Bonchev–Trinajstić information content (AvgIpc) is 3.16. The number of hydrogen-bond donors (Lipinski definition) is 1. The summed E-state index contributed by atoms with van der Waals surface area (Å²) in [6, 6.07) is 4.57. The Bertz CT molecular complexity index is 446. The molecule has 2 aliphatic carbocycles. The van der Waals surface area contributed by atoms with Crippen LogP contribution in [0, 0.1) is 23.0 Å². The van der Waals surface area contributed by atoms with Gasteiger partial charge < -0.3 is 5.32 Å². The van der Waals surface area contributed by atoms with Crippen molar-refractivity contribution >= 4 is 0 Å². The summed E-state index contributed by atoms with van der Waals surface area (Å²) in [6.45, 7) is 3.21. The fraction of sp³-hybridized carbons (Fsp3) is 0.625. The molecule has 0 amide bonds. The number of rotatable bonds is 6. The first-order valence-corrected chi connectivity index (χ1v) is 7.23. The molecule has 2 fully saturated rings. The van der Waals surface area contributed by atoms with Crippen molar-refractivity contribution in [2.24, 2.45) is 11.3 Å². The van der Waals surface area contributed by atoms with Gasteiger partial charge in [-0.1, -0.05) is 6.92 Å². The molecule has 3 heteroatoms. The van der Waals surface area contributed by atoms with E-state index in [9.17, 15) is 8.78 Å². The van der Waals surface area contributed by atoms with Crippen LogP contribution in [0.1, 0.15) is 38.2 Å². The van der Waals surface area contributed by atoms with Crippen LogP contribution in [0.3, 0.4) is 0 Å². The molecule has 104 valence electrons. The summed E-state index contributed by atoms with van der Waals surface area (Å²) in [5.74, 6) is -0.239. The van der Waals surface area contributed by atoms with Crippen molar-refractivity contribution in [3.8, 4) is 0 Å². The van der Waals surface area contributed by atoms with E-state index in [4.69, 9.17) is 0 Å². The first-order valence-electron chi connectivity index (χ1n) is 7.23. The Morgan fingerprint density at radius 1 is 1.11 bits per heavy atom. The molecule has 1 atom stereocenters. The monoisotopic (exact) mass is 265 g/mol. The van der Waals surface area contributed by atoms with Gasteiger partial charge >= 0.3 is 0 Å². The zero-order chi connectivity index (χ0) is 13.5. The van der Waals surface area contributed by atoms with Gasteiger partial charge in [0.15, 0.2) is 0 Å².